The summed E-state index contributed by atoms with van der Waals surface area (Å²) in [5.74, 6) is 0.783. The second-order valence-corrected chi connectivity index (χ2v) is 8.98. The van der Waals surface area contributed by atoms with Crippen LogP contribution in [0.25, 0.3) is 11.3 Å². The summed E-state index contributed by atoms with van der Waals surface area (Å²) >= 11 is 0. The molecule has 2 N–H and O–H groups in total. The van der Waals surface area contributed by atoms with Gasteiger partial charge < -0.3 is 5.32 Å². The third-order valence-corrected chi connectivity index (χ3v) is 6.32. The molecule has 1 aliphatic carbocycles. The standard InChI is InChI=1S/C19H25FN4O2S/c1-2-27(25,26)22-11-14-7-9-15(10-8-14)23-19-13-21-12-18(24-19)16-5-3-4-6-17(16)20/h3-6,12-15,22H,2,7-11H2,1H3,(H,23,24). The van der Waals surface area contributed by atoms with Crippen LogP contribution in [0, 0.1) is 11.7 Å². The second kappa shape index (κ2) is 8.75. The molecule has 1 aromatic heterocycles. The zero-order chi connectivity index (χ0) is 19.3. The molecule has 27 heavy (non-hydrogen) atoms. The van der Waals surface area contributed by atoms with Crippen molar-refractivity contribution in [2.45, 2.75) is 38.6 Å². The monoisotopic (exact) mass is 392 g/mol. The van der Waals surface area contributed by atoms with E-state index in [0.717, 1.165) is 25.7 Å². The average molecular weight is 393 g/mol. The van der Waals surface area contributed by atoms with Crippen LogP contribution in [0.5, 0.6) is 0 Å². The van der Waals surface area contributed by atoms with Gasteiger partial charge in [0, 0.05) is 18.2 Å². The zero-order valence-electron chi connectivity index (χ0n) is 15.4. The molecule has 0 bridgehead atoms. The molecule has 1 saturated carbocycles. The smallest absolute Gasteiger partial charge is 0.211 e. The highest BCUT2D eigenvalue weighted by Gasteiger charge is 2.22. The van der Waals surface area contributed by atoms with Crippen molar-refractivity contribution in [1.82, 2.24) is 14.7 Å². The summed E-state index contributed by atoms with van der Waals surface area (Å²) in [6.45, 7) is 2.14. The van der Waals surface area contributed by atoms with Gasteiger partial charge in [-0.25, -0.2) is 22.5 Å². The fourth-order valence-corrected chi connectivity index (χ4v) is 3.99. The molecule has 0 spiro atoms. The number of rotatable bonds is 7. The van der Waals surface area contributed by atoms with E-state index in [-0.39, 0.29) is 17.6 Å². The van der Waals surface area contributed by atoms with Crippen LogP contribution in [-0.4, -0.2) is 36.7 Å². The minimum atomic E-state index is -3.13. The highest BCUT2D eigenvalue weighted by molar-refractivity contribution is 7.89. The molecule has 146 valence electrons. The molecule has 2 aromatic rings. The molecule has 0 amide bonds. The molecule has 8 heteroatoms. The Morgan fingerprint density at radius 3 is 2.59 bits per heavy atom. The van der Waals surface area contributed by atoms with Crippen LogP contribution >= 0.6 is 0 Å². The molecular formula is C19H25FN4O2S. The van der Waals surface area contributed by atoms with E-state index in [4.69, 9.17) is 0 Å². The van der Waals surface area contributed by atoms with Crippen LogP contribution in [0.1, 0.15) is 32.6 Å². The van der Waals surface area contributed by atoms with Crippen LogP contribution in [0.3, 0.4) is 0 Å². The molecule has 0 saturated heterocycles. The van der Waals surface area contributed by atoms with Gasteiger partial charge in [-0.05, 0) is 50.7 Å². The van der Waals surface area contributed by atoms with Crippen LogP contribution in [-0.2, 0) is 10.0 Å². The third kappa shape index (κ3) is 5.46. The van der Waals surface area contributed by atoms with E-state index in [1.807, 2.05) is 0 Å². The van der Waals surface area contributed by atoms with E-state index in [0.29, 0.717) is 29.5 Å². The number of benzene rings is 1. The van der Waals surface area contributed by atoms with Gasteiger partial charge in [0.05, 0.1) is 23.8 Å². The topological polar surface area (TPSA) is 84.0 Å². The summed E-state index contributed by atoms with van der Waals surface area (Å²) in [5, 5.41) is 3.38. The van der Waals surface area contributed by atoms with Crippen molar-refractivity contribution in [2.24, 2.45) is 5.92 Å². The third-order valence-electron chi connectivity index (χ3n) is 4.96. The van der Waals surface area contributed by atoms with Crippen LogP contribution in [0.2, 0.25) is 0 Å². The Morgan fingerprint density at radius 2 is 1.89 bits per heavy atom. The molecule has 1 fully saturated rings. The molecule has 0 aliphatic heterocycles. The Bertz CT molecular complexity index is 868. The summed E-state index contributed by atoms with van der Waals surface area (Å²) in [6, 6.07) is 6.77. The number of hydrogen-bond donors (Lipinski definition) is 2. The predicted octanol–water partition coefficient (Wildman–Crippen LogP) is 3.19. The van der Waals surface area contributed by atoms with Crippen molar-refractivity contribution >= 4 is 15.8 Å². The first-order valence-corrected chi connectivity index (χ1v) is 10.9. The first-order valence-electron chi connectivity index (χ1n) is 9.27. The van der Waals surface area contributed by atoms with Crippen molar-refractivity contribution in [2.75, 3.05) is 17.6 Å². The Balaban J connectivity index is 1.55. The van der Waals surface area contributed by atoms with Crippen molar-refractivity contribution < 1.29 is 12.8 Å². The molecule has 1 heterocycles. The molecular weight excluding hydrogens is 367 g/mol. The van der Waals surface area contributed by atoms with Crippen molar-refractivity contribution in [3.05, 3.63) is 42.5 Å². The van der Waals surface area contributed by atoms with Crippen LogP contribution in [0.4, 0.5) is 10.2 Å². The van der Waals surface area contributed by atoms with Gasteiger partial charge in [0.15, 0.2) is 0 Å². The number of nitrogens with one attached hydrogen (secondary N) is 2. The molecule has 1 aliphatic rings. The van der Waals surface area contributed by atoms with Gasteiger partial charge in [0.2, 0.25) is 10.0 Å². The maximum Gasteiger partial charge on any atom is 0.211 e. The Morgan fingerprint density at radius 1 is 1.15 bits per heavy atom. The zero-order valence-corrected chi connectivity index (χ0v) is 16.2. The largest absolute Gasteiger partial charge is 0.366 e. The number of sulfonamides is 1. The van der Waals surface area contributed by atoms with E-state index in [9.17, 15) is 12.8 Å². The maximum atomic E-state index is 14.0. The molecule has 0 unspecified atom stereocenters. The number of nitrogens with zero attached hydrogens (tertiary/aromatic N) is 2. The number of aromatic nitrogens is 2. The molecule has 6 nitrogen and oxygen atoms in total. The lowest BCUT2D eigenvalue weighted by Gasteiger charge is -2.29. The number of hydrogen-bond acceptors (Lipinski definition) is 5. The van der Waals surface area contributed by atoms with Gasteiger partial charge in [0.25, 0.3) is 0 Å². The Labute approximate surface area is 159 Å². The fourth-order valence-electron chi connectivity index (χ4n) is 3.30. The second-order valence-electron chi connectivity index (χ2n) is 6.88. The lowest BCUT2D eigenvalue weighted by molar-refractivity contribution is 0.337. The molecule has 0 radical (unpaired) electrons. The molecule has 1 aromatic carbocycles. The summed E-state index contributed by atoms with van der Waals surface area (Å²) in [6.07, 6.45) is 6.97. The van der Waals surface area contributed by atoms with Gasteiger partial charge in [-0.1, -0.05) is 12.1 Å². The lowest BCUT2D eigenvalue weighted by Crippen LogP contribution is -2.34. The van der Waals surface area contributed by atoms with Gasteiger partial charge >= 0.3 is 0 Å². The van der Waals surface area contributed by atoms with E-state index >= 15 is 0 Å². The van der Waals surface area contributed by atoms with E-state index in [1.165, 1.54) is 6.07 Å². The number of anilines is 1. The highest BCUT2D eigenvalue weighted by atomic mass is 32.2. The Kier molecular flexibility index (Phi) is 6.38. The van der Waals surface area contributed by atoms with Crippen LogP contribution in [0.15, 0.2) is 36.7 Å². The molecule has 0 atom stereocenters. The first kappa shape index (κ1) is 19.7. The minimum absolute atomic E-state index is 0.112. The van der Waals surface area contributed by atoms with Gasteiger partial charge in [-0.3, -0.25) is 4.98 Å². The summed E-state index contributed by atoms with van der Waals surface area (Å²) in [5.41, 5.74) is 0.932. The Hall–Kier alpha value is -2.06. The van der Waals surface area contributed by atoms with E-state index < -0.39 is 10.0 Å². The van der Waals surface area contributed by atoms with Gasteiger partial charge in [-0.2, -0.15) is 0 Å². The van der Waals surface area contributed by atoms with E-state index in [2.05, 4.69) is 20.0 Å². The van der Waals surface area contributed by atoms with Crippen molar-refractivity contribution in [3.63, 3.8) is 0 Å². The highest BCUT2D eigenvalue weighted by Crippen LogP contribution is 2.27. The quantitative estimate of drug-likeness (QED) is 0.756. The van der Waals surface area contributed by atoms with Crippen molar-refractivity contribution in [3.8, 4) is 11.3 Å². The maximum absolute atomic E-state index is 14.0. The SMILES string of the molecule is CCS(=O)(=O)NCC1CCC(Nc2cncc(-c3ccccc3F)n2)CC1. The van der Waals surface area contributed by atoms with Crippen molar-refractivity contribution in [1.29, 1.82) is 0 Å². The summed E-state index contributed by atoms with van der Waals surface area (Å²) in [4.78, 5) is 8.67. The average Bonchev–Trinajstić information content (AvgIpc) is 2.68. The predicted molar refractivity (Wildman–Crippen MR) is 104 cm³/mol. The summed E-state index contributed by atoms with van der Waals surface area (Å²) in [7, 11) is -3.13. The fraction of sp³-hybridized carbons (Fsp3) is 0.474. The molecule has 3 rings (SSSR count). The van der Waals surface area contributed by atoms with E-state index in [1.54, 1.807) is 37.5 Å². The van der Waals surface area contributed by atoms with Gasteiger partial charge in [-0.15, -0.1) is 0 Å². The first-order chi connectivity index (χ1) is 13.0. The lowest BCUT2D eigenvalue weighted by atomic mass is 9.86. The minimum Gasteiger partial charge on any atom is -0.366 e. The normalized spacial score (nSPS) is 20.4. The van der Waals surface area contributed by atoms with Gasteiger partial charge in [0.1, 0.15) is 11.6 Å². The summed E-state index contributed by atoms with van der Waals surface area (Å²) < 4.78 is 39.7. The van der Waals surface area contributed by atoms with Crippen LogP contribution < -0.4 is 10.0 Å². The number of halogens is 1.